The molecule has 0 radical (unpaired) electrons. The van der Waals surface area contributed by atoms with E-state index >= 15 is 0 Å². The molecule has 1 fully saturated rings. The van der Waals surface area contributed by atoms with Crippen LogP contribution in [0.25, 0.3) is 0 Å². The third kappa shape index (κ3) is 2.27. The first-order valence-corrected chi connectivity index (χ1v) is 5.47. The van der Waals surface area contributed by atoms with Crippen molar-refractivity contribution >= 4 is 5.69 Å². The van der Waals surface area contributed by atoms with E-state index in [9.17, 15) is 4.39 Å². The van der Waals surface area contributed by atoms with Crippen LogP contribution < -0.4 is 15.8 Å². The second-order valence-corrected chi connectivity index (χ2v) is 4.40. The number of nitrogens with one attached hydrogen (secondary N) is 1. The van der Waals surface area contributed by atoms with Gasteiger partial charge in [0.1, 0.15) is 11.6 Å². The lowest BCUT2D eigenvalue weighted by Gasteiger charge is -2.16. The number of methoxy groups -OCH3 is 1. The average Bonchev–Trinajstić information content (AvgIpc) is 3.07. The number of anilines is 1. The number of rotatable bonds is 5. The zero-order chi connectivity index (χ0) is 11.6. The monoisotopic (exact) mass is 224 g/mol. The van der Waals surface area contributed by atoms with Crippen LogP contribution in [0.3, 0.4) is 0 Å². The van der Waals surface area contributed by atoms with Crippen molar-refractivity contribution in [3.63, 3.8) is 0 Å². The topological polar surface area (TPSA) is 47.3 Å². The maximum absolute atomic E-state index is 13.1. The first kappa shape index (κ1) is 11.2. The lowest BCUT2D eigenvalue weighted by Crippen LogP contribution is -2.24. The van der Waals surface area contributed by atoms with Gasteiger partial charge in [-0.25, -0.2) is 4.39 Å². The molecular formula is C12H17FN2O. The molecule has 1 aromatic carbocycles. The molecule has 0 amide bonds. The van der Waals surface area contributed by atoms with Gasteiger partial charge in [0.2, 0.25) is 0 Å². The highest BCUT2D eigenvalue weighted by atomic mass is 19.1. The molecule has 0 unspecified atom stereocenters. The summed E-state index contributed by atoms with van der Waals surface area (Å²) in [6.07, 6.45) is 2.29. The number of benzene rings is 1. The molecule has 2 rings (SSSR count). The van der Waals surface area contributed by atoms with Crippen molar-refractivity contribution in [3.05, 3.63) is 24.0 Å². The second kappa shape index (κ2) is 4.29. The Hall–Kier alpha value is -1.29. The summed E-state index contributed by atoms with van der Waals surface area (Å²) in [6.45, 7) is 1.46. The van der Waals surface area contributed by atoms with Gasteiger partial charge in [-0.2, -0.15) is 0 Å². The van der Waals surface area contributed by atoms with Gasteiger partial charge >= 0.3 is 0 Å². The highest BCUT2D eigenvalue weighted by Gasteiger charge is 2.40. The van der Waals surface area contributed by atoms with E-state index in [0.717, 1.165) is 19.4 Å². The maximum atomic E-state index is 13.1. The lowest BCUT2D eigenvalue weighted by atomic mass is 10.1. The van der Waals surface area contributed by atoms with Crippen LogP contribution in [-0.2, 0) is 0 Å². The first-order chi connectivity index (χ1) is 7.69. The van der Waals surface area contributed by atoms with Crippen molar-refractivity contribution < 1.29 is 9.13 Å². The Morgan fingerprint density at radius 1 is 1.50 bits per heavy atom. The summed E-state index contributed by atoms with van der Waals surface area (Å²) in [5, 5.41) is 3.21. The summed E-state index contributed by atoms with van der Waals surface area (Å²) in [4.78, 5) is 0. The number of nitrogens with two attached hydrogens (primary N) is 1. The number of halogens is 1. The fourth-order valence-electron chi connectivity index (χ4n) is 1.73. The fraction of sp³-hybridized carbons (Fsp3) is 0.500. The van der Waals surface area contributed by atoms with Gasteiger partial charge in [0.25, 0.3) is 0 Å². The summed E-state index contributed by atoms with van der Waals surface area (Å²) in [7, 11) is 1.58. The lowest BCUT2D eigenvalue weighted by molar-refractivity contribution is 0.414. The van der Waals surface area contributed by atoms with Crippen molar-refractivity contribution in [2.75, 3.05) is 25.5 Å². The normalized spacial score (nSPS) is 16.9. The third-order valence-corrected chi connectivity index (χ3v) is 3.21. The van der Waals surface area contributed by atoms with E-state index in [1.54, 1.807) is 13.2 Å². The molecule has 0 aliphatic heterocycles. The SMILES string of the molecule is COc1ccc(F)cc1NCC1(CN)CC1. The highest BCUT2D eigenvalue weighted by Crippen LogP contribution is 2.44. The minimum Gasteiger partial charge on any atom is -0.495 e. The Balaban J connectivity index is 2.05. The molecule has 0 heterocycles. The Morgan fingerprint density at radius 3 is 2.81 bits per heavy atom. The second-order valence-electron chi connectivity index (χ2n) is 4.40. The summed E-state index contributed by atoms with van der Waals surface area (Å²) >= 11 is 0. The van der Waals surface area contributed by atoms with Crippen LogP contribution in [0.5, 0.6) is 5.75 Å². The summed E-state index contributed by atoms with van der Waals surface area (Å²) < 4.78 is 18.2. The van der Waals surface area contributed by atoms with Gasteiger partial charge in [-0.05, 0) is 36.9 Å². The Kier molecular flexibility index (Phi) is 3.01. The fourth-order valence-corrected chi connectivity index (χ4v) is 1.73. The molecule has 0 atom stereocenters. The predicted octanol–water partition coefficient (Wildman–Crippen LogP) is 1.99. The minimum atomic E-state index is -0.263. The number of hydrogen-bond donors (Lipinski definition) is 2. The van der Waals surface area contributed by atoms with Crippen molar-refractivity contribution in [3.8, 4) is 5.75 Å². The molecule has 0 spiro atoms. The van der Waals surface area contributed by atoms with Crippen molar-refractivity contribution in [1.29, 1.82) is 0 Å². The van der Waals surface area contributed by atoms with Gasteiger partial charge in [0, 0.05) is 12.6 Å². The molecule has 3 nitrogen and oxygen atoms in total. The Bertz CT molecular complexity index is 377. The molecule has 3 N–H and O–H groups in total. The first-order valence-electron chi connectivity index (χ1n) is 5.47. The zero-order valence-electron chi connectivity index (χ0n) is 9.42. The van der Waals surface area contributed by atoms with Crippen LogP contribution in [0.1, 0.15) is 12.8 Å². The van der Waals surface area contributed by atoms with E-state index in [1.165, 1.54) is 12.1 Å². The Labute approximate surface area is 94.8 Å². The average molecular weight is 224 g/mol. The Morgan fingerprint density at radius 2 is 2.25 bits per heavy atom. The summed E-state index contributed by atoms with van der Waals surface area (Å²) in [5.41, 5.74) is 6.60. The van der Waals surface area contributed by atoms with Gasteiger partial charge in [-0.3, -0.25) is 0 Å². The van der Waals surface area contributed by atoms with Crippen LogP contribution in [0.2, 0.25) is 0 Å². The third-order valence-electron chi connectivity index (χ3n) is 3.21. The largest absolute Gasteiger partial charge is 0.495 e. The van der Waals surface area contributed by atoms with E-state index in [2.05, 4.69) is 5.32 Å². The van der Waals surface area contributed by atoms with Gasteiger partial charge in [0.05, 0.1) is 12.8 Å². The van der Waals surface area contributed by atoms with E-state index in [0.29, 0.717) is 18.0 Å². The van der Waals surface area contributed by atoms with Crippen molar-refractivity contribution in [1.82, 2.24) is 0 Å². The van der Waals surface area contributed by atoms with E-state index in [4.69, 9.17) is 10.5 Å². The molecule has 16 heavy (non-hydrogen) atoms. The highest BCUT2D eigenvalue weighted by molar-refractivity contribution is 5.56. The quantitative estimate of drug-likeness (QED) is 0.804. The molecule has 1 aliphatic rings. The van der Waals surface area contributed by atoms with Crippen LogP contribution in [-0.4, -0.2) is 20.2 Å². The minimum absolute atomic E-state index is 0.220. The molecule has 0 bridgehead atoms. The smallest absolute Gasteiger partial charge is 0.142 e. The summed E-state index contributed by atoms with van der Waals surface area (Å²) in [6, 6.07) is 4.46. The van der Waals surface area contributed by atoms with E-state index in [1.807, 2.05) is 0 Å². The van der Waals surface area contributed by atoms with Gasteiger partial charge in [0.15, 0.2) is 0 Å². The molecule has 1 aliphatic carbocycles. The maximum Gasteiger partial charge on any atom is 0.142 e. The molecule has 88 valence electrons. The van der Waals surface area contributed by atoms with E-state index in [-0.39, 0.29) is 11.2 Å². The number of hydrogen-bond acceptors (Lipinski definition) is 3. The summed E-state index contributed by atoms with van der Waals surface area (Å²) in [5.74, 6) is 0.398. The van der Waals surface area contributed by atoms with Crippen LogP contribution in [0, 0.1) is 11.2 Å². The van der Waals surface area contributed by atoms with Gasteiger partial charge in [-0.1, -0.05) is 0 Å². The van der Waals surface area contributed by atoms with Crippen molar-refractivity contribution in [2.45, 2.75) is 12.8 Å². The molecule has 1 saturated carbocycles. The van der Waals surface area contributed by atoms with Crippen molar-refractivity contribution in [2.24, 2.45) is 11.1 Å². The molecular weight excluding hydrogens is 207 g/mol. The van der Waals surface area contributed by atoms with Crippen LogP contribution >= 0.6 is 0 Å². The van der Waals surface area contributed by atoms with Gasteiger partial charge in [-0.15, -0.1) is 0 Å². The standard InChI is InChI=1S/C12H17FN2O/c1-16-11-3-2-9(13)6-10(11)15-8-12(7-14)4-5-12/h2-3,6,15H,4-5,7-8,14H2,1H3. The molecule has 1 aromatic rings. The van der Waals surface area contributed by atoms with Crippen LogP contribution in [0.4, 0.5) is 10.1 Å². The predicted molar refractivity (Wildman–Crippen MR) is 62.2 cm³/mol. The number of ether oxygens (including phenoxy) is 1. The zero-order valence-corrected chi connectivity index (χ0v) is 9.42. The van der Waals surface area contributed by atoms with Gasteiger partial charge < -0.3 is 15.8 Å². The van der Waals surface area contributed by atoms with Crippen LogP contribution in [0.15, 0.2) is 18.2 Å². The molecule has 0 saturated heterocycles. The molecule has 4 heteroatoms. The molecule has 0 aromatic heterocycles. The van der Waals surface area contributed by atoms with E-state index < -0.39 is 0 Å².